The van der Waals surface area contributed by atoms with Crippen LogP contribution in [-0.4, -0.2) is 65.6 Å². The number of amides is 1. The summed E-state index contributed by atoms with van der Waals surface area (Å²) < 4.78 is 27.4. The highest BCUT2D eigenvalue weighted by Gasteiger charge is 2.40. The highest BCUT2D eigenvalue weighted by atomic mass is 32.2. The summed E-state index contributed by atoms with van der Waals surface area (Å²) in [6.45, 7) is 0.828. The zero-order chi connectivity index (χ0) is 29.2. The van der Waals surface area contributed by atoms with Gasteiger partial charge in [0.15, 0.2) is 0 Å². The lowest BCUT2D eigenvalue weighted by atomic mass is 10.0. The summed E-state index contributed by atoms with van der Waals surface area (Å²) in [6.07, 6.45) is 3.91. The van der Waals surface area contributed by atoms with E-state index in [1.807, 2.05) is 18.2 Å². The lowest BCUT2D eigenvalue weighted by molar-refractivity contribution is -0.142. The van der Waals surface area contributed by atoms with Gasteiger partial charge in [-0.2, -0.15) is 4.31 Å². The highest BCUT2D eigenvalue weighted by Crippen LogP contribution is 2.26. The lowest BCUT2D eigenvalue weighted by Crippen LogP contribution is -2.51. The van der Waals surface area contributed by atoms with Crippen molar-refractivity contribution in [2.24, 2.45) is 0 Å². The van der Waals surface area contributed by atoms with Crippen LogP contribution in [0, 0.1) is 0 Å². The number of nitrogens with one attached hydrogen (secondary N) is 2. The third kappa shape index (κ3) is 8.21. The van der Waals surface area contributed by atoms with Gasteiger partial charge < -0.3 is 15.7 Å². The summed E-state index contributed by atoms with van der Waals surface area (Å²) in [7, 11) is -3.89. The minimum atomic E-state index is -3.89. The van der Waals surface area contributed by atoms with E-state index in [1.54, 1.807) is 48.7 Å². The number of ketones is 1. The molecular weight excluding hydrogens is 544 g/mol. The molecular formula is C30H34N4O6S. The number of nitrogens with zero attached hydrogens (tertiary/aromatic N) is 2. The van der Waals surface area contributed by atoms with E-state index >= 15 is 0 Å². The first-order valence-electron chi connectivity index (χ1n) is 13.6. The molecule has 0 radical (unpaired) electrons. The lowest BCUT2D eigenvalue weighted by Gasteiger charge is -2.25. The molecule has 2 aromatic carbocycles. The topological polar surface area (TPSA) is 146 Å². The molecule has 0 spiro atoms. The zero-order valence-corrected chi connectivity index (χ0v) is 23.4. The van der Waals surface area contributed by atoms with Gasteiger partial charge >= 0.3 is 5.97 Å². The second-order valence-electron chi connectivity index (χ2n) is 9.97. The van der Waals surface area contributed by atoms with E-state index in [9.17, 15) is 27.9 Å². The van der Waals surface area contributed by atoms with Gasteiger partial charge in [0.25, 0.3) is 0 Å². The zero-order valence-electron chi connectivity index (χ0n) is 22.6. The summed E-state index contributed by atoms with van der Waals surface area (Å²) in [5, 5.41) is 15.5. The second kappa shape index (κ2) is 14.0. The number of benzene rings is 2. The van der Waals surface area contributed by atoms with Gasteiger partial charge in [0, 0.05) is 38.5 Å². The number of aliphatic carboxylic acids is 1. The van der Waals surface area contributed by atoms with Gasteiger partial charge in [-0.1, -0.05) is 48.5 Å². The average Bonchev–Trinajstić information content (AvgIpc) is 3.48. The van der Waals surface area contributed by atoms with Gasteiger partial charge in [0.2, 0.25) is 15.9 Å². The molecule has 0 bridgehead atoms. The molecule has 3 N–H and O–H groups in total. The number of hydrogen-bond acceptors (Lipinski definition) is 7. The van der Waals surface area contributed by atoms with Gasteiger partial charge in [0.05, 0.1) is 4.90 Å². The van der Waals surface area contributed by atoms with Crippen LogP contribution in [0.3, 0.4) is 0 Å². The Balaban J connectivity index is 1.29. The number of anilines is 1. The summed E-state index contributed by atoms with van der Waals surface area (Å²) >= 11 is 0. The van der Waals surface area contributed by atoms with Crippen molar-refractivity contribution in [1.82, 2.24) is 14.6 Å². The molecule has 1 amide bonds. The van der Waals surface area contributed by atoms with E-state index in [0.717, 1.165) is 15.7 Å². The van der Waals surface area contributed by atoms with Crippen LogP contribution in [0.4, 0.5) is 5.82 Å². The van der Waals surface area contributed by atoms with Crippen molar-refractivity contribution in [3.63, 3.8) is 0 Å². The third-order valence-corrected chi connectivity index (χ3v) is 8.86. The number of hydrogen-bond donors (Lipinski definition) is 3. The molecule has 0 unspecified atom stereocenters. The summed E-state index contributed by atoms with van der Waals surface area (Å²) in [5.74, 6) is -0.978. The maximum Gasteiger partial charge on any atom is 0.326 e. The fourth-order valence-corrected chi connectivity index (χ4v) is 6.48. The Hall–Kier alpha value is -4.09. The maximum atomic E-state index is 13.1. The van der Waals surface area contributed by atoms with Crippen LogP contribution in [0.25, 0.3) is 0 Å². The molecule has 4 rings (SSSR count). The van der Waals surface area contributed by atoms with E-state index in [-0.39, 0.29) is 30.1 Å². The molecule has 2 atom stereocenters. The molecule has 3 aromatic rings. The number of rotatable bonds is 14. The first-order chi connectivity index (χ1) is 19.7. The van der Waals surface area contributed by atoms with Gasteiger partial charge in [-0.3, -0.25) is 9.59 Å². The van der Waals surface area contributed by atoms with Crippen LogP contribution >= 0.6 is 0 Å². The minimum absolute atomic E-state index is 0.0205. The van der Waals surface area contributed by atoms with Crippen molar-refractivity contribution in [3.8, 4) is 0 Å². The van der Waals surface area contributed by atoms with Crippen LogP contribution in [0.1, 0.15) is 36.8 Å². The first kappa shape index (κ1) is 29.9. The Kier molecular flexibility index (Phi) is 10.2. The highest BCUT2D eigenvalue weighted by molar-refractivity contribution is 7.89. The minimum Gasteiger partial charge on any atom is -0.480 e. The quantitative estimate of drug-likeness (QED) is 0.248. The fourth-order valence-electron chi connectivity index (χ4n) is 4.80. The number of carboxylic acid groups (broad SMARTS) is 1. The van der Waals surface area contributed by atoms with Crippen LogP contribution in [0.15, 0.2) is 83.9 Å². The van der Waals surface area contributed by atoms with Crippen molar-refractivity contribution >= 4 is 33.5 Å². The maximum absolute atomic E-state index is 13.1. The molecule has 216 valence electrons. The van der Waals surface area contributed by atoms with Crippen molar-refractivity contribution in [1.29, 1.82) is 0 Å². The Morgan fingerprint density at radius 1 is 0.976 bits per heavy atom. The molecule has 11 heteroatoms. The molecule has 1 saturated heterocycles. The SMILES string of the molecule is O=C(CCCNc1ccccn1)Cc1ccc(C[C@H](NC(=O)[C@@H]2CCCN2S(=O)(=O)c2ccccc2)C(=O)O)cc1. The largest absolute Gasteiger partial charge is 0.480 e. The molecule has 10 nitrogen and oxygen atoms in total. The van der Waals surface area contributed by atoms with Crippen LogP contribution in [0.5, 0.6) is 0 Å². The van der Waals surface area contributed by atoms with E-state index in [2.05, 4.69) is 15.6 Å². The number of sulfonamides is 1. The standard InChI is InChI=1S/C30H34N4O6S/c35-24(8-6-18-32-28-12-4-5-17-31-28)20-22-13-15-23(16-14-22)21-26(30(37)38)33-29(36)27-11-7-19-34(27)41(39,40)25-9-2-1-3-10-25/h1-5,9-10,12-17,26-27H,6-8,11,18-21H2,(H,31,32)(H,33,36)(H,37,38)/t26-,27-/m0/s1. The van der Waals surface area contributed by atoms with Gasteiger partial charge in [-0.25, -0.2) is 18.2 Å². The van der Waals surface area contributed by atoms with E-state index in [4.69, 9.17) is 0 Å². The first-order valence-corrected chi connectivity index (χ1v) is 15.0. The van der Waals surface area contributed by atoms with E-state index < -0.39 is 34.0 Å². The number of carbonyl (C=O) groups excluding carboxylic acids is 2. The Morgan fingerprint density at radius 3 is 2.37 bits per heavy atom. The molecule has 0 aliphatic carbocycles. The number of carbonyl (C=O) groups is 3. The van der Waals surface area contributed by atoms with E-state index in [0.29, 0.717) is 37.8 Å². The number of pyridine rings is 1. The number of aromatic nitrogens is 1. The summed E-state index contributed by atoms with van der Waals surface area (Å²) in [4.78, 5) is 41.7. The van der Waals surface area contributed by atoms with Crippen molar-refractivity contribution < 1.29 is 27.9 Å². The molecule has 1 aliphatic rings. The van der Waals surface area contributed by atoms with Crippen LogP contribution in [-0.2, 0) is 37.2 Å². The van der Waals surface area contributed by atoms with Crippen LogP contribution < -0.4 is 10.6 Å². The monoisotopic (exact) mass is 578 g/mol. The molecule has 2 heterocycles. The van der Waals surface area contributed by atoms with E-state index in [1.165, 1.54) is 12.1 Å². The predicted octanol–water partition coefficient (Wildman–Crippen LogP) is 3.05. The number of carboxylic acids is 1. The van der Waals surface area contributed by atoms with Crippen molar-refractivity contribution in [2.75, 3.05) is 18.4 Å². The molecule has 0 saturated carbocycles. The predicted molar refractivity (Wildman–Crippen MR) is 154 cm³/mol. The smallest absolute Gasteiger partial charge is 0.326 e. The Labute approximate surface area is 239 Å². The normalized spacial score (nSPS) is 16.1. The summed E-state index contributed by atoms with van der Waals surface area (Å²) in [5.41, 5.74) is 1.49. The third-order valence-electron chi connectivity index (χ3n) is 6.94. The van der Waals surface area contributed by atoms with Gasteiger partial charge in [-0.15, -0.1) is 0 Å². The van der Waals surface area contributed by atoms with Gasteiger partial charge in [-0.05, 0) is 54.7 Å². The summed E-state index contributed by atoms with van der Waals surface area (Å²) in [6, 6.07) is 18.3. The molecule has 1 fully saturated rings. The molecule has 41 heavy (non-hydrogen) atoms. The average molecular weight is 579 g/mol. The van der Waals surface area contributed by atoms with Crippen molar-refractivity contribution in [2.45, 2.75) is 55.5 Å². The number of Topliss-reactive ketones (excluding diaryl/α,β-unsaturated/α-hetero) is 1. The van der Waals surface area contributed by atoms with Gasteiger partial charge in [0.1, 0.15) is 23.7 Å². The molecule has 1 aromatic heterocycles. The Bertz CT molecular complexity index is 1430. The fraction of sp³-hybridized carbons (Fsp3) is 0.333. The van der Waals surface area contributed by atoms with Crippen molar-refractivity contribution in [3.05, 3.63) is 90.1 Å². The Morgan fingerprint density at radius 2 is 1.68 bits per heavy atom. The van der Waals surface area contributed by atoms with Crippen LogP contribution in [0.2, 0.25) is 0 Å². The second-order valence-corrected chi connectivity index (χ2v) is 11.9. The molecule has 1 aliphatic heterocycles.